The van der Waals surface area contributed by atoms with Crippen LogP contribution in [0.3, 0.4) is 0 Å². The van der Waals surface area contributed by atoms with E-state index < -0.39 is 11.9 Å². The first-order valence-electron chi connectivity index (χ1n) is 2.89. The van der Waals surface area contributed by atoms with E-state index in [-0.39, 0.29) is 5.69 Å². The van der Waals surface area contributed by atoms with E-state index in [0.717, 1.165) is 6.20 Å². The lowest BCUT2D eigenvalue weighted by molar-refractivity contribution is -0.140. The van der Waals surface area contributed by atoms with Crippen LogP contribution < -0.4 is 5.73 Å². The Morgan fingerprint density at radius 1 is 1.42 bits per heavy atom. The second-order valence-corrected chi connectivity index (χ2v) is 3.33. The van der Waals surface area contributed by atoms with Gasteiger partial charge in [-0.3, -0.25) is 0 Å². The van der Waals surface area contributed by atoms with Crippen LogP contribution in [0.2, 0.25) is 0 Å². The summed E-state index contributed by atoms with van der Waals surface area (Å²) in [5, 5.41) is 0. The summed E-state index contributed by atoms with van der Waals surface area (Å²) in [4.78, 5) is 3.19. The third-order valence-corrected chi connectivity index (χ3v) is 1.74. The van der Waals surface area contributed by atoms with Gasteiger partial charge in [-0.05, 0) is 28.7 Å². The van der Waals surface area contributed by atoms with E-state index in [9.17, 15) is 13.2 Å². The summed E-state index contributed by atoms with van der Waals surface area (Å²) in [5.74, 6) is 0. The van der Waals surface area contributed by atoms with Gasteiger partial charge in [0.15, 0.2) is 5.69 Å². The molecule has 0 unspecified atom stereocenters. The van der Waals surface area contributed by atoms with E-state index in [1.54, 1.807) is 0 Å². The maximum absolute atomic E-state index is 12.0. The predicted molar refractivity (Wildman–Crippen MR) is 46.4 cm³/mol. The minimum atomic E-state index is -4.46. The molecule has 0 aromatic carbocycles. The molecule has 0 fully saturated rings. The van der Waals surface area contributed by atoms with Crippen LogP contribution in [0.4, 0.5) is 18.9 Å². The molecule has 2 N–H and O–H groups in total. The number of alkyl halides is 3. The summed E-state index contributed by atoms with van der Waals surface area (Å²) in [5.41, 5.74) is 3.76. The van der Waals surface area contributed by atoms with Gasteiger partial charge in [0, 0.05) is 9.77 Å². The van der Waals surface area contributed by atoms with Crippen LogP contribution in [-0.2, 0) is 6.18 Å². The van der Waals surface area contributed by atoms with Gasteiger partial charge >= 0.3 is 6.18 Å². The molecule has 0 bridgehead atoms. The lowest BCUT2D eigenvalue weighted by atomic mass is 10.3. The van der Waals surface area contributed by atoms with Crippen molar-refractivity contribution in [2.24, 2.45) is 0 Å². The summed E-state index contributed by atoms with van der Waals surface area (Å²) >= 11 is 1.84. The van der Waals surface area contributed by atoms with E-state index in [1.807, 2.05) is 22.6 Å². The first-order chi connectivity index (χ1) is 5.41. The molecular weight excluding hydrogens is 284 g/mol. The number of nitrogens with zero attached hydrogens (tertiary/aromatic N) is 1. The zero-order chi connectivity index (χ0) is 9.35. The van der Waals surface area contributed by atoms with Gasteiger partial charge in [0.05, 0.1) is 5.69 Å². The third-order valence-electron chi connectivity index (χ3n) is 1.15. The van der Waals surface area contributed by atoms with Crippen molar-refractivity contribution >= 4 is 28.3 Å². The number of aromatic nitrogens is 1. The second kappa shape index (κ2) is 3.08. The quantitative estimate of drug-likeness (QED) is 0.744. The second-order valence-electron chi connectivity index (χ2n) is 2.09. The van der Waals surface area contributed by atoms with E-state index >= 15 is 0 Å². The first kappa shape index (κ1) is 9.56. The summed E-state index contributed by atoms with van der Waals surface area (Å²) in [6, 6.07) is 1.23. The first-order valence-corrected chi connectivity index (χ1v) is 3.97. The number of rotatable bonds is 0. The normalized spacial score (nSPS) is 11.7. The standard InChI is InChI=1S/C6H4F3IN2/c7-6(8,9)5-4(11)1-3(10)2-12-5/h1-2H,11H2. The molecule has 1 aromatic rings. The van der Waals surface area contributed by atoms with E-state index in [1.165, 1.54) is 6.07 Å². The number of nitrogens with two attached hydrogens (primary N) is 1. The van der Waals surface area contributed by atoms with Crippen LogP contribution in [0, 0.1) is 3.57 Å². The molecule has 0 aliphatic heterocycles. The number of anilines is 1. The van der Waals surface area contributed by atoms with Crippen molar-refractivity contribution in [3.05, 3.63) is 21.5 Å². The highest BCUT2D eigenvalue weighted by Crippen LogP contribution is 2.31. The Bertz CT molecular complexity index is 297. The van der Waals surface area contributed by atoms with Crippen LogP contribution in [0.25, 0.3) is 0 Å². The lowest BCUT2D eigenvalue weighted by Gasteiger charge is -2.07. The summed E-state index contributed by atoms with van der Waals surface area (Å²) in [7, 11) is 0. The third kappa shape index (κ3) is 1.99. The van der Waals surface area contributed by atoms with Gasteiger partial charge in [-0.25, -0.2) is 4.98 Å². The molecule has 1 heterocycles. The topological polar surface area (TPSA) is 38.9 Å². The van der Waals surface area contributed by atoms with Crippen LogP contribution in [-0.4, -0.2) is 4.98 Å². The smallest absolute Gasteiger partial charge is 0.397 e. The molecule has 0 saturated carbocycles. The van der Waals surface area contributed by atoms with E-state index in [4.69, 9.17) is 5.73 Å². The fourth-order valence-corrected chi connectivity index (χ4v) is 1.17. The molecule has 0 aliphatic rings. The highest BCUT2D eigenvalue weighted by molar-refractivity contribution is 14.1. The lowest BCUT2D eigenvalue weighted by Crippen LogP contribution is -2.11. The van der Waals surface area contributed by atoms with Gasteiger partial charge in [0.2, 0.25) is 0 Å². The average Bonchev–Trinajstić information content (AvgIpc) is 1.83. The minimum Gasteiger partial charge on any atom is -0.397 e. The molecule has 0 amide bonds. The van der Waals surface area contributed by atoms with Crippen LogP contribution in [0.15, 0.2) is 12.3 Å². The van der Waals surface area contributed by atoms with Crippen molar-refractivity contribution in [1.82, 2.24) is 4.98 Å². The Kier molecular flexibility index (Phi) is 2.45. The highest BCUT2D eigenvalue weighted by Gasteiger charge is 2.34. The average molecular weight is 288 g/mol. The van der Waals surface area contributed by atoms with Gasteiger partial charge in [0.25, 0.3) is 0 Å². The maximum Gasteiger partial charge on any atom is 0.435 e. The SMILES string of the molecule is Nc1cc(I)cnc1C(F)(F)F. The van der Waals surface area contributed by atoms with Crippen molar-refractivity contribution in [2.45, 2.75) is 6.18 Å². The zero-order valence-electron chi connectivity index (χ0n) is 5.69. The Morgan fingerprint density at radius 2 is 2.00 bits per heavy atom. The summed E-state index contributed by atoms with van der Waals surface area (Å²) in [6.45, 7) is 0. The molecule has 0 aliphatic carbocycles. The predicted octanol–water partition coefficient (Wildman–Crippen LogP) is 2.29. The fraction of sp³-hybridized carbons (Fsp3) is 0.167. The molecule has 12 heavy (non-hydrogen) atoms. The maximum atomic E-state index is 12.0. The van der Waals surface area contributed by atoms with Crippen molar-refractivity contribution in [3.63, 3.8) is 0 Å². The molecule has 1 aromatic heterocycles. The Balaban J connectivity index is 3.19. The monoisotopic (exact) mass is 288 g/mol. The van der Waals surface area contributed by atoms with Crippen molar-refractivity contribution < 1.29 is 13.2 Å². The van der Waals surface area contributed by atoms with Gasteiger partial charge in [-0.1, -0.05) is 0 Å². The highest BCUT2D eigenvalue weighted by atomic mass is 127. The van der Waals surface area contributed by atoms with Gasteiger partial charge in [0.1, 0.15) is 0 Å². The summed E-state index contributed by atoms with van der Waals surface area (Å²) < 4.78 is 36.7. The molecule has 6 heteroatoms. The molecule has 1 rings (SSSR count). The fourth-order valence-electron chi connectivity index (χ4n) is 0.692. The van der Waals surface area contributed by atoms with Crippen molar-refractivity contribution in [3.8, 4) is 0 Å². The summed E-state index contributed by atoms with van der Waals surface area (Å²) in [6.07, 6.45) is -3.34. The van der Waals surface area contributed by atoms with E-state index in [2.05, 4.69) is 4.98 Å². The van der Waals surface area contributed by atoms with Crippen molar-refractivity contribution in [2.75, 3.05) is 5.73 Å². The minimum absolute atomic E-state index is 0.339. The molecule has 0 radical (unpaired) electrons. The Labute approximate surface area is 80.1 Å². The number of hydrogen-bond acceptors (Lipinski definition) is 2. The molecule has 2 nitrogen and oxygen atoms in total. The van der Waals surface area contributed by atoms with Gasteiger partial charge in [-0.2, -0.15) is 13.2 Å². The molecule has 66 valence electrons. The molecule has 0 saturated heterocycles. The van der Waals surface area contributed by atoms with Crippen LogP contribution in [0.5, 0.6) is 0 Å². The molecular formula is C6H4F3IN2. The van der Waals surface area contributed by atoms with Gasteiger partial charge in [-0.15, -0.1) is 0 Å². The number of halogens is 4. The number of nitrogen functional groups attached to an aromatic ring is 1. The number of hydrogen-bond donors (Lipinski definition) is 1. The zero-order valence-corrected chi connectivity index (χ0v) is 7.85. The van der Waals surface area contributed by atoms with Crippen molar-refractivity contribution in [1.29, 1.82) is 0 Å². The van der Waals surface area contributed by atoms with Crippen LogP contribution in [0.1, 0.15) is 5.69 Å². The number of pyridine rings is 1. The Hall–Kier alpha value is -0.530. The Morgan fingerprint density at radius 3 is 2.42 bits per heavy atom. The van der Waals surface area contributed by atoms with Crippen LogP contribution >= 0.6 is 22.6 Å². The van der Waals surface area contributed by atoms with Gasteiger partial charge < -0.3 is 5.73 Å². The molecule has 0 atom stereocenters. The largest absolute Gasteiger partial charge is 0.435 e. The van der Waals surface area contributed by atoms with E-state index in [0.29, 0.717) is 3.57 Å². The molecule has 0 spiro atoms.